The highest BCUT2D eigenvalue weighted by Gasteiger charge is 2.29. The minimum absolute atomic E-state index is 0.146. The molecular weight excluding hydrogens is 344 g/mol. The number of ether oxygens (including phenoxy) is 1. The fraction of sp³-hybridized carbons (Fsp3) is 0.368. The van der Waals surface area contributed by atoms with Gasteiger partial charge in [-0.1, -0.05) is 6.07 Å². The molecule has 3 aromatic heterocycles. The average molecular weight is 364 g/mol. The Bertz CT molecular complexity index is 1030. The summed E-state index contributed by atoms with van der Waals surface area (Å²) in [6, 6.07) is 7.95. The maximum Gasteiger partial charge on any atom is 0.257 e. The van der Waals surface area contributed by atoms with Crippen molar-refractivity contribution in [3.05, 3.63) is 47.4 Å². The van der Waals surface area contributed by atoms with E-state index in [0.717, 1.165) is 30.9 Å². The van der Waals surface area contributed by atoms with E-state index < -0.39 is 0 Å². The third-order valence-electron chi connectivity index (χ3n) is 5.14. The number of fused-ring (bicyclic) bond motifs is 6. The number of hydrogen-bond donors (Lipinski definition) is 1. The van der Waals surface area contributed by atoms with Crippen LogP contribution in [0.15, 0.2) is 30.5 Å². The minimum Gasteiger partial charge on any atom is -0.476 e. The van der Waals surface area contributed by atoms with Crippen LogP contribution >= 0.6 is 0 Å². The second-order valence-corrected chi connectivity index (χ2v) is 6.87. The van der Waals surface area contributed by atoms with Gasteiger partial charge in [0, 0.05) is 18.8 Å². The zero-order chi connectivity index (χ0) is 18.4. The summed E-state index contributed by atoms with van der Waals surface area (Å²) in [6.45, 7) is 3.47. The van der Waals surface area contributed by atoms with Crippen molar-refractivity contribution in [3.8, 4) is 5.88 Å². The Balaban J connectivity index is 1.67. The van der Waals surface area contributed by atoms with Gasteiger partial charge in [0.05, 0.1) is 24.0 Å². The molecule has 1 saturated heterocycles. The van der Waals surface area contributed by atoms with E-state index in [1.54, 1.807) is 4.52 Å². The lowest BCUT2D eigenvalue weighted by Crippen LogP contribution is -2.29. The molecule has 1 atom stereocenters. The van der Waals surface area contributed by atoms with Gasteiger partial charge in [-0.2, -0.15) is 5.10 Å². The van der Waals surface area contributed by atoms with Crippen LogP contribution in [0.3, 0.4) is 0 Å². The summed E-state index contributed by atoms with van der Waals surface area (Å²) in [6.07, 6.45) is 3.94. The molecule has 8 nitrogen and oxygen atoms in total. The lowest BCUT2D eigenvalue weighted by atomic mass is 10.1. The minimum atomic E-state index is -0.188. The van der Waals surface area contributed by atoms with E-state index in [2.05, 4.69) is 20.3 Å². The molecule has 0 saturated carbocycles. The number of aryl methyl sites for hydroxylation is 1. The van der Waals surface area contributed by atoms with Crippen molar-refractivity contribution in [2.45, 2.75) is 25.8 Å². The molecule has 2 aliphatic heterocycles. The first-order valence-corrected chi connectivity index (χ1v) is 9.21. The second-order valence-electron chi connectivity index (χ2n) is 6.87. The van der Waals surface area contributed by atoms with Gasteiger partial charge in [0.2, 0.25) is 5.88 Å². The molecule has 8 heteroatoms. The van der Waals surface area contributed by atoms with E-state index in [0.29, 0.717) is 35.9 Å². The molecule has 3 aromatic rings. The topological polar surface area (TPSA) is 84.7 Å². The van der Waals surface area contributed by atoms with Crippen molar-refractivity contribution in [2.24, 2.45) is 0 Å². The Morgan fingerprint density at radius 1 is 1.26 bits per heavy atom. The van der Waals surface area contributed by atoms with Crippen molar-refractivity contribution >= 4 is 17.4 Å². The Hall–Kier alpha value is -3.16. The summed E-state index contributed by atoms with van der Waals surface area (Å²) in [7, 11) is 0. The highest BCUT2D eigenvalue weighted by molar-refractivity contribution is 6.01. The first kappa shape index (κ1) is 16.0. The number of carbonyl (C=O) groups is 1. The van der Waals surface area contributed by atoms with E-state index in [-0.39, 0.29) is 11.9 Å². The molecule has 0 radical (unpaired) electrons. The lowest BCUT2D eigenvalue weighted by Gasteiger charge is -2.25. The van der Waals surface area contributed by atoms with Gasteiger partial charge in [-0.25, -0.2) is 14.5 Å². The normalized spacial score (nSPS) is 19.5. The summed E-state index contributed by atoms with van der Waals surface area (Å²) in [5.41, 5.74) is 2.74. The Kier molecular flexibility index (Phi) is 3.70. The smallest absolute Gasteiger partial charge is 0.257 e. The van der Waals surface area contributed by atoms with Crippen LogP contribution in [-0.2, 0) is 0 Å². The van der Waals surface area contributed by atoms with Gasteiger partial charge in [0.1, 0.15) is 18.0 Å². The van der Waals surface area contributed by atoms with E-state index in [4.69, 9.17) is 9.72 Å². The van der Waals surface area contributed by atoms with Crippen LogP contribution < -0.4 is 15.0 Å². The molecule has 0 spiro atoms. The van der Waals surface area contributed by atoms with E-state index >= 15 is 0 Å². The summed E-state index contributed by atoms with van der Waals surface area (Å²) < 4.78 is 7.41. The van der Waals surface area contributed by atoms with Gasteiger partial charge in [-0.05, 0) is 31.9 Å². The van der Waals surface area contributed by atoms with Crippen molar-refractivity contribution in [1.29, 1.82) is 0 Å². The highest BCUT2D eigenvalue weighted by atomic mass is 16.5. The Labute approximate surface area is 156 Å². The summed E-state index contributed by atoms with van der Waals surface area (Å²) >= 11 is 0. The maximum absolute atomic E-state index is 12.7. The summed E-state index contributed by atoms with van der Waals surface area (Å²) in [4.78, 5) is 24.4. The molecule has 1 amide bonds. The number of nitrogens with one attached hydrogen (secondary N) is 1. The van der Waals surface area contributed by atoms with Gasteiger partial charge in [-0.15, -0.1) is 0 Å². The van der Waals surface area contributed by atoms with Crippen molar-refractivity contribution in [1.82, 2.24) is 24.9 Å². The lowest BCUT2D eigenvalue weighted by molar-refractivity contribution is 0.0947. The number of hydrogen-bond acceptors (Lipinski definition) is 6. The van der Waals surface area contributed by atoms with Crippen LogP contribution in [0, 0.1) is 6.92 Å². The molecule has 138 valence electrons. The Morgan fingerprint density at radius 2 is 2.19 bits per heavy atom. The molecule has 0 aliphatic carbocycles. The summed E-state index contributed by atoms with van der Waals surface area (Å²) in [5, 5.41) is 7.32. The molecule has 5 heterocycles. The number of pyridine rings is 1. The first-order chi connectivity index (χ1) is 13.2. The van der Waals surface area contributed by atoms with Crippen LogP contribution in [0.2, 0.25) is 0 Å². The third-order valence-corrected chi connectivity index (χ3v) is 5.14. The van der Waals surface area contributed by atoms with E-state index in [1.165, 1.54) is 0 Å². The number of nitrogens with zero attached hydrogens (tertiary/aromatic N) is 5. The van der Waals surface area contributed by atoms with Gasteiger partial charge >= 0.3 is 0 Å². The molecule has 27 heavy (non-hydrogen) atoms. The zero-order valence-corrected chi connectivity index (χ0v) is 15.1. The largest absolute Gasteiger partial charge is 0.476 e. The van der Waals surface area contributed by atoms with Crippen LogP contribution in [-0.4, -0.2) is 45.2 Å². The molecule has 1 N–H and O–H groups in total. The molecule has 1 unspecified atom stereocenters. The molecule has 1 fully saturated rings. The predicted molar refractivity (Wildman–Crippen MR) is 99.1 cm³/mol. The van der Waals surface area contributed by atoms with Crippen LogP contribution in [0.1, 0.15) is 40.6 Å². The SMILES string of the molecule is Cc1nn2ccc3nc2c1C(=O)NCCOc1cccc(n1)C1CCCN31. The second kappa shape index (κ2) is 6.22. The average Bonchev–Trinajstić information content (AvgIpc) is 3.28. The van der Waals surface area contributed by atoms with Crippen molar-refractivity contribution in [2.75, 3.05) is 24.6 Å². The first-order valence-electron chi connectivity index (χ1n) is 9.21. The van der Waals surface area contributed by atoms with Crippen LogP contribution in [0.5, 0.6) is 5.88 Å². The van der Waals surface area contributed by atoms with E-state index in [1.807, 2.05) is 37.4 Å². The van der Waals surface area contributed by atoms with Gasteiger partial charge in [0.25, 0.3) is 5.91 Å². The predicted octanol–water partition coefficient (Wildman–Crippen LogP) is 1.90. The third kappa shape index (κ3) is 2.68. The number of aromatic nitrogens is 4. The highest BCUT2D eigenvalue weighted by Crippen LogP contribution is 2.35. The van der Waals surface area contributed by atoms with E-state index in [9.17, 15) is 4.79 Å². The fourth-order valence-corrected chi connectivity index (χ4v) is 3.91. The van der Waals surface area contributed by atoms with Crippen molar-refractivity contribution < 1.29 is 9.53 Å². The zero-order valence-electron chi connectivity index (χ0n) is 15.1. The number of rotatable bonds is 0. The molecule has 5 rings (SSSR count). The molecular formula is C19H20N6O2. The van der Waals surface area contributed by atoms with Crippen molar-refractivity contribution in [3.63, 3.8) is 0 Å². The molecule has 0 aromatic carbocycles. The Morgan fingerprint density at radius 3 is 3.11 bits per heavy atom. The van der Waals surface area contributed by atoms with Gasteiger partial charge in [0.15, 0.2) is 5.65 Å². The van der Waals surface area contributed by atoms with Gasteiger partial charge < -0.3 is 15.0 Å². The quantitative estimate of drug-likeness (QED) is 0.656. The monoisotopic (exact) mass is 364 g/mol. The standard InChI is InChI=1S/C19H20N6O2/c1-12-17-18-22-15(7-10-25(18)23-12)24-9-3-5-14(24)13-4-2-6-16(21-13)27-11-8-20-19(17)26/h2,4,6-7,10,14H,3,5,8-9,11H2,1H3,(H,20,26). The number of amides is 1. The number of carbonyl (C=O) groups excluding carboxylic acids is 1. The fourth-order valence-electron chi connectivity index (χ4n) is 3.91. The van der Waals surface area contributed by atoms with Crippen LogP contribution in [0.4, 0.5) is 5.82 Å². The molecule has 2 aliphatic rings. The summed E-state index contributed by atoms with van der Waals surface area (Å²) in [5.74, 6) is 1.23. The number of anilines is 1. The molecule has 4 bridgehead atoms. The van der Waals surface area contributed by atoms with Crippen LogP contribution in [0.25, 0.3) is 5.65 Å². The maximum atomic E-state index is 12.7. The van der Waals surface area contributed by atoms with Gasteiger partial charge in [-0.3, -0.25) is 4.79 Å².